The van der Waals surface area contributed by atoms with Crippen LogP contribution < -0.4 is 58.5 Å². The van der Waals surface area contributed by atoms with Crippen molar-refractivity contribution >= 4 is 100 Å². The van der Waals surface area contributed by atoms with Gasteiger partial charge in [-0.3, -0.25) is 67.1 Å². The first-order chi connectivity index (χ1) is 57.2. The van der Waals surface area contributed by atoms with Crippen LogP contribution in [0.4, 0.5) is 0 Å². The van der Waals surface area contributed by atoms with Crippen LogP contribution in [0.3, 0.4) is 0 Å². The third-order valence-electron chi connectivity index (χ3n) is 25.4. The summed E-state index contributed by atoms with van der Waals surface area (Å²) in [6.07, 6.45) is -1.15. The van der Waals surface area contributed by atoms with Crippen LogP contribution >= 0.6 is 0 Å². The number of amides is 11. The minimum atomic E-state index is -2.48. The number of hydrogen-bond acceptors (Lipinski definition) is 20. The minimum Gasteiger partial charge on any atom is -0.481 e. The van der Waals surface area contributed by atoms with Gasteiger partial charge in [0.1, 0.15) is 72.7 Å². The molecule has 2 aromatic rings. The number of nitrogens with zero attached hydrogens (tertiary/aromatic N) is 2. The van der Waals surface area contributed by atoms with Gasteiger partial charge in [-0.1, -0.05) is 113 Å². The molecular weight excluding hydrogens is 1620 g/mol. The molecule has 1 aromatic carbocycles. The zero-order chi connectivity index (χ0) is 97.5. The highest BCUT2D eigenvalue weighted by atomic mass is 16.4. The lowest BCUT2D eigenvalue weighted by Crippen LogP contribution is -2.73. The number of carbonyl (C=O) groups excluding carboxylic acids is 15. The average Bonchev–Trinajstić information content (AvgIpc) is 1.36. The maximum absolute atomic E-state index is 15.5. The van der Waals surface area contributed by atoms with Gasteiger partial charge in [0, 0.05) is 74.6 Å². The van der Waals surface area contributed by atoms with Gasteiger partial charge in [-0.15, -0.1) is 0 Å². The fourth-order valence-electron chi connectivity index (χ4n) is 15.4. The molecule has 34 heteroatoms. The van der Waals surface area contributed by atoms with Crippen LogP contribution in [0.1, 0.15) is 294 Å². The monoisotopic (exact) mass is 1770 g/mol. The molecule has 15 N–H and O–H groups in total. The highest BCUT2D eigenvalue weighted by Crippen LogP contribution is 2.40. The number of hydrogen-bond donors (Lipinski definition) is 15. The Bertz CT molecular complexity index is 4410. The lowest BCUT2D eigenvalue weighted by atomic mass is 9.71. The largest absolute Gasteiger partial charge is 0.481 e. The molecule has 0 bridgehead atoms. The van der Waals surface area contributed by atoms with Crippen molar-refractivity contribution in [1.29, 1.82) is 0 Å². The molecule has 10 unspecified atom stereocenters. The van der Waals surface area contributed by atoms with Crippen LogP contribution in [-0.4, -0.2) is 210 Å². The Kier molecular flexibility index (Phi) is 36.7. The highest BCUT2D eigenvalue weighted by Gasteiger charge is 2.57. The van der Waals surface area contributed by atoms with Crippen LogP contribution in [-0.2, 0) is 94.3 Å². The number of rotatable bonds is 51. The molecule has 12 atom stereocenters. The van der Waals surface area contributed by atoms with E-state index in [1.54, 1.807) is 100 Å². The number of Topliss-reactive ketones (excluding diaryl/α,β-unsaturated/α-hetero) is 4. The van der Waals surface area contributed by atoms with Crippen molar-refractivity contribution in [2.75, 3.05) is 13.1 Å². The Morgan fingerprint density at radius 1 is 0.516 bits per heavy atom. The molecule has 1 fully saturated rings. The Labute approximate surface area is 743 Å². The van der Waals surface area contributed by atoms with Gasteiger partial charge >= 0.3 is 11.9 Å². The van der Waals surface area contributed by atoms with Gasteiger partial charge in [0.05, 0.1) is 29.8 Å². The van der Waals surface area contributed by atoms with Gasteiger partial charge < -0.3 is 93.3 Å². The van der Waals surface area contributed by atoms with E-state index in [0.29, 0.717) is 17.8 Å². The highest BCUT2D eigenvalue weighted by molar-refractivity contribution is 6.06. The number of aromatic amines is 1. The smallest absolute Gasteiger partial charge is 0.329 e. The topological polar surface area (TPSA) is 515 Å². The Morgan fingerprint density at radius 2 is 0.984 bits per heavy atom. The zero-order valence-electron chi connectivity index (χ0n) is 80.2. The summed E-state index contributed by atoms with van der Waals surface area (Å²) in [7, 11) is 0. The van der Waals surface area contributed by atoms with Crippen molar-refractivity contribution < 1.29 is 96.8 Å². The second kappa shape index (κ2) is 42.1. The van der Waals surface area contributed by atoms with E-state index in [1.807, 2.05) is 6.92 Å². The fourth-order valence-corrected chi connectivity index (χ4v) is 15.4. The number of carboxylic acid groups (broad SMARTS) is 2. The van der Waals surface area contributed by atoms with E-state index >= 15 is 38.4 Å². The van der Waals surface area contributed by atoms with Crippen LogP contribution in [0.2, 0.25) is 0 Å². The summed E-state index contributed by atoms with van der Waals surface area (Å²) in [5, 5.41) is 63.0. The number of likely N-dealkylation sites (tertiary alicyclic amines) is 1. The normalized spacial score (nSPS) is 18.8. The van der Waals surface area contributed by atoms with Crippen LogP contribution in [0.25, 0.3) is 0 Å². The Balaban J connectivity index is 2.09. The molecule has 0 spiro atoms. The number of imidazole rings is 1. The van der Waals surface area contributed by atoms with Crippen LogP contribution in [0.5, 0.6) is 0 Å². The molecule has 34 nitrogen and oxygen atoms in total. The quantitative estimate of drug-likeness (QED) is 0.0297. The first kappa shape index (κ1) is 110. The Morgan fingerprint density at radius 3 is 1.47 bits per heavy atom. The van der Waals surface area contributed by atoms with E-state index in [-0.39, 0.29) is 100 Å². The van der Waals surface area contributed by atoms with E-state index in [2.05, 4.69) is 75.0 Å². The van der Waals surface area contributed by atoms with Crippen molar-refractivity contribution in [3.63, 3.8) is 0 Å². The fraction of sp³-hybridized carbons (Fsp3) is 0.696. The van der Waals surface area contributed by atoms with Gasteiger partial charge in [-0.25, -0.2) is 9.78 Å². The number of aliphatic hydroxyl groups excluding tert-OH is 1. The maximum atomic E-state index is 15.5. The summed E-state index contributed by atoms with van der Waals surface area (Å²) >= 11 is 0. The van der Waals surface area contributed by atoms with Gasteiger partial charge in [0.2, 0.25) is 65.0 Å². The van der Waals surface area contributed by atoms with E-state index in [1.165, 1.54) is 128 Å². The second-order valence-electron chi connectivity index (χ2n) is 40.8. The molecule has 2 heterocycles. The Hall–Kier alpha value is -10.3. The molecule has 1 saturated heterocycles. The number of carbonyl (C=O) groups is 17. The SMILES string of the molecule is C=C(C)NCCCC(C)(NC(=O)[C@@](C)(NC(=O)[C@]1(C)CCCN1C(=O)C(C)(C)NC(=O)C(C)(CC(=O)O)NC(=O)C(C)(Cc1cnc[nH]1)NC(=O)C(C)(NC(=O)C(C)(Cc1ccc(C)cc1)NC(=O)C(C)(C)NC(=O)C(C)(CCC(C)=O)CC(O)C(C)(C)CC(C)=O)C(C)C)C(C)C)C(=O)CC(C)(CC)C(=O)NC(C)(CC(C)C)C(=O)NC(C)(CC(C)=O)C(=O)O. The van der Waals surface area contributed by atoms with E-state index in [0.717, 1.165) is 12.5 Å². The molecule has 0 radical (unpaired) electrons. The maximum Gasteiger partial charge on any atom is 0.329 e. The summed E-state index contributed by atoms with van der Waals surface area (Å²) < 4.78 is 0. The molecular formula is C92H148N14O20. The lowest BCUT2D eigenvalue weighted by molar-refractivity contribution is -0.153. The third kappa shape index (κ3) is 28.1. The van der Waals surface area contributed by atoms with Crippen molar-refractivity contribution in [2.24, 2.45) is 34.0 Å². The van der Waals surface area contributed by atoms with E-state index in [4.69, 9.17) is 0 Å². The number of aliphatic hydroxyl groups is 1. The number of benzene rings is 1. The van der Waals surface area contributed by atoms with Gasteiger partial charge in [0.25, 0.3) is 0 Å². The summed E-state index contributed by atoms with van der Waals surface area (Å²) in [5.41, 5.74) is -23.5. The molecule has 126 heavy (non-hydrogen) atoms. The summed E-state index contributed by atoms with van der Waals surface area (Å²) in [6, 6.07) is 7.06. The second-order valence-corrected chi connectivity index (χ2v) is 40.8. The van der Waals surface area contributed by atoms with Gasteiger partial charge in [0.15, 0.2) is 5.78 Å². The number of allylic oxidation sites excluding steroid dienone is 1. The van der Waals surface area contributed by atoms with Crippen LogP contribution in [0.15, 0.2) is 49.1 Å². The number of aryl methyl sites for hydroxylation is 1. The first-order valence-electron chi connectivity index (χ1n) is 43.4. The number of nitrogens with one attached hydrogen (secondary N) is 12. The summed E-state index contributed by atoms with van der Waals surface area (Å²) in [5.74, 6) is -16.4. The summed E-state index contributed by atoms with van der Waals surface area (Å²) in [4.78, 5) is 252. The molecule has 1 aliphatic rings. The molecule has 0 aliphatic carbocycles. The molecule has 1 aromatic heterocycles. The zero-order valence-corrected chi connectivity index (χ0v) is 80.2. The van der Waals surface area contributed by atoms with Crippen molar-refractivity contribution in [2.45, 2.75) is 364 Å². The molecule has 1 aliphatic heterocycles. The van der Waals surface area contributed by atoms with Crippen molar-refractivity contribution in [3.05, 3.63) is 65.9 Å². The molecule has 0 saturated carbocycles. The molecule has 11 amide bonds. The van der Waals surface area contributed by atoms with Crippen molar-refractivity contribution in [1.82, 2.24) is 73.4 Å². The van der Waals surface area contributed by atoms with E-state index < -0.39 is 209 Å². The van der Waals surface area contributed by atoms with Crippen LogP contribution in [0, 0.1) is 40.9 Å². The van der Waals surface area contributed by atoms with Gasteiger partial charge in [-0.2, -0.15) is 0 Å². The molecule has 3 rings (SSSR count). The third-order valence-corrected chi connectivity index (χ3v) is 25.4. The number of carboxylic acids is 2. The van der Waals surface area contributed by atoms with E-state index in [9.17, 15) is 58.5 Å². The molecule has 706 valence electrons. The average molecular weight is 1770 g/mol. The number of aromatic nitrogens is 2. The lowest BCUT2D eigenvalue weighted by Gasteiger charge is -2.44. The number of aliphatic carboxylic acids is 2. The standard InChI is InChI=1S/C92H148N14O20/c1-31-82(20,68(115)99-85(23,44-54(2)3)71(118)101-89(27,78(125)126)46-61(13)109)50-65(111)84(22,39-32-42-94-57(8)9)102-75(122)92(30,56(6)7)105-74(121)90(28)40-33-43-106(90)77(124)81(18,19)97-70(117)88(26,51-66(112)113)100-72(119)87(25,48-63-52-93-53-95-63)103-76(123)91(29,55(4)5)104-73(120)86(24,47-62-36-34-58(10)35-37-62)98-67(114)80(16,17)96-69(116)83(21,41-38-59(11)107)49-64(110)79(14,15)45-60(12)108/h34-37,52-56,64,94,110H,8,31-33,38-51H2,1-7,9-30H3,(H,93,95)(H,96,116)(H,97,117)(H,98,114)(H,99,115)(H,100,119)(H,101,118)(H,102,122)(H,103,123)(H,104,120)(H,105,121)(H,112,113)(H,125,126)/t64?,82?,83?,84?,85?,86?,87?,88?,89?,90-,91?,92-/m0/s1. The summed E-state index contributed by atoms with van der Waals surface area (Å²) in [6.45, 7) is 47.4. The first-order valence-corrected chi connectivity index (χ1v) is 43.4. The number of H-pyrrole nitrogens is 1. The van der Waals surface area contributed by atoms with Gasteiger partial charge in [-0.05, 0) is 205 Å². The minimum absolute atomic E-state index is 0.00845. The number of ketones is 4. The predicted octanol–water partition coefficient (Wildman–Crippen LogP) is 6.98. The predicted molar refractivity (Wildman–Crippen MR) is 475 cm³/mol. The van der Waals surface area contributed by atoms with Crippen molar-refractivity contribution in [3.8, 4) is 0 Å².